The predicted octanol–water partition coefficient (Wildman–Crippen LogP) is 13.1. The second-order valence-electron chi connectivity index (χ2n) is 30.4. The molecule has 7 aromatic rings. The van der Waals surface area contributed by atoms with Gasteiger partial charge in [-0.05, 0) is 158 Å². The lowest BCUT2D eigenvalue weighted by Gasteiger charge is -2.44. The normalized spacial score (nSPS) is 20.0. The molecular weight excluding hydrogens is 1540 g/mol. The van der Waals surface area contributed by atoms with Gasteiger partial charge in [-0.2, -0.15) is 13.2 Å². The summed E-state index contributed by atoms with van der Waals surface area (Å²) in [5.74, 6) is -0.779. The van der Waals surface area contributed by atoms with Gasteiger partial charge in [-0.25, -0.2) is 21.8 Å². The first-order valence-corrected chi connectivity index (χ1v) is 43.5. The Kier molecular flexibility index (Phi) is 27.7. The number of alkyl halides is 3. The third-order valence-corrected chi connectivity index (χ3v) is 27.2. The molecule has 23 nitrogen and oxygen atoms in total. The van der Waals surface area contributed by atoms with E-state index in [0.29, 0.717) is 107 Å². The molecule has 4 saturated heterocycles. The van der Waals surface area contributed by atoms with Gasteiger partial charge in [0, 0.05) is 144 Å². The van der Waals surface area contributed by atoms with Gasteiger partial charge in [0.2, 0.25) is 17.7 Å². The zero-order valence-corrected chi connectivity index (χ0v) is 67.7. The molecule has 4 N–H and O–H groups in total. The molecule has 0 saturated carbocycles. The van der Waals surface area contributed by atoms with Gasteiger partial charge in [0.1, 0.15) is 16.9 Å². The Morgan fingerprint density at radius 1 is 0.821 bits per heavy atom. The quantitative estimate of drug-likeness (QED) is 0.0241. The Bertz CT molecular complexity index is 4650. The number of nitrogens with one attached hydrogen (secondary N) is 3. The van der Waals surface area contributed by atoms with Gasteiger partial charge in [0.05, 0.1) is 58.6 Å². The number of aliphatic hydroxyl groups is 1. The highest BCUT2D eigenvalue weighted by Crippen LogP contribution is 2.45. The summed E-state index contributed by atoms with van der Waals surface area (Å²) in [6.45, 7) is 20.4. The minimum absolute atomic E-state index is 0.00540. The SMILES string of the molecule is Cc1ncsc1-c1ccc([C@H](C)NC(=O)[C@@H]2C[C@@H](O)CN2C(=O)[C@H](c2cc(OCCCCC(=O)N3CCN(C[C@]4(C)CCC(c5ccc(Cl)cc5)=C(CN5CCN(c6ccc(NC(=O)S(=O)(=O)c7ccc(N[C@H](CCN8CCOCC8)CSc8ccccc8)c(S(=O)(=O)C(F)(F)F)c7)cc6)CC5)C4)CC3)no2)C(C)C)cc1. The number of sulfone groups is 2. The van der Waals surface area contributed by atoms with Crippen molar-refractivity contribution in [3.63, 3.8) is 0 Å². The van der Waals surface area contributed by atoms with Gasteiger partial charge in [0.25, 0.3) is 25.6 Å². The number of aryl methyl sites for hydroxylation is 1. The summed E-state index contributed by atoms with van der Waals surface area (Å²) in [5.41, 5.74) is 3.23. The lowest BCUT2D eigenvalue weighted by Crippen LogP contribution is -2.51. The van der Waals surface area contributed by atoms with Crippen molar-refractivity contribution in [2.75, 3.05) is 133 Å². The summed E-state index contributed by atoms with van der Waals surface area (Å²) in [5, 5.41) is 22.5. The number of aromatic nitrogens is 2. The molecule has 602 valence electrons. The fourth-order valence-electron chi connectivity index (χ4n) is 15.5. The van der Waals surface area contributed by atoms with Crippen LogP contribution >= 0.6 is 34.7 Å². The van der Waals surface area contributed by atoms with Crippen LogP contribution in [0.5, 0.6) is 5.88 Å². The lowest BCUT2D eigenvalue weighted by molar-refractivity contribution is -0.141. The van der Waals surface area contributed by atoms with Crippen LogP contribution in [0.1, 0.15) is 114 Å². The molecule has 1 aliphatic carbocycles. The number of nitrogens with zero attached hydrogens (tertiary/aromatic N) is 8. The van der Waals surface area contributed by atoms with Crippen LogP contribution < -0.4 is 25.6 Å². The number of carbonyl (C=O) groups is 4. The van der Waals surface area contributed by atoms with Gasteiger partial charge in [-0.15, -0.1) is 23.1 Å². The van der Waals surface area contributed by atoms with Crippen molar-refractivity contribution < 1.29 is 68.3 Å². The fraction of sp³-hybridized carbons (Fsp3) is 0.481. The zero-order valence-electron chi connectivity index (χ0n) is 63.7. The number of likely N-dealkylation sites (tertiary alicyclic amines) is 1. The highest BCUT2D eigenvalue weighted by atomic mass is 35.5. The number of unbranched alkanes of at least 4 members (excludes halogenated alkanes) is 1. The maximum atomic E-state index is 14.4. The third kappa shape index (κ3) is 21.0. The molecule has 4 fully saturated rings. The minimum Gasteiger partial charge on any atom is -0.476 e. The number of anilines is 3. The van der Waals surface area contributed by atoms with Gasteiger partial charge in [-0.3, -0.25) is 33.9 Å². The molecule has 0 spiro atoms. The van der Waals surface area contributed by atoms with Crippen LogP contribution in [-0.4, -0.2) is 220 Å². The number of halogens is 4. The number of morpholine rings is 1. The van der Waals surface area contributed by atoms with E-state index < -0.39 is 70.0 Å². The highest BCUT2D eigenvalue weighted by molar-refractivity contribution is 8.06. The molecule has 6 atom stereocenters. The maximum Gasteiger partial charge on any atom is 0.501 e. The largest absolute Gasteiger partial charge is 0.501 e. The van der Waals surface area contributed by atoms with Crippen LogP contribution in [0.3, 0.4) is 0 Å². The number of hydrogen-bond donors (Lipinski definition) is 4. The Morgan fingerprint density at radius 3 is 2.20 bits per heavy atom. The Labute approximate surface area is 666 Å². The summed E-state index contributed by atoms with van der Waals surface area (Å²) >= 11 is 9.40. The van der Waals surface area contributed by atoms with Crippen molar-refractivity contribution in [1.82, 2.24) is 40.0 Å². The number of allylic oxidation sites excluding steroid dienone is 1. The van der Waals surface area contributed by atoms with Crippen LogP contribution in [0.25, 0.3) is 16.0 Å². The van der Waals surface area contributed by atoms with Crippen molar-refractivity contribution >= 4 is 100.0 Å². The number of thiazole rings is 1. The van der Waals surface area contributed by atoms with Gasteiger partial charge < -0.3 is 49.8 Å². The number of ether oxygens (including phenoxy) is 2. The molecule has 0 radical (unpaired) electrons. The first-order valence-electron chi connectivity index (χ1n) is 38.3. The van der Waals surface area contributed by atoms with Gasteiger partial charge in [-0.1, -0.05) is 92.5 Å². The number of thioether (sulfide) groups is 1. The lowest BCUT2D eigenvalue weighted by atomic mass is 9.71. The van der Waals surface area contributed by atoms with E-state index in [9.17, 15) is 54.3 Å². The van der Waals surface area contributed by atoms with Crippen LogP contribution in [0.2, 0.25) is 5.02 Å². The van der Waals surface area contributed by atoms with Crippen LogP contribution in [0.4, 0.5) is 35.0 Å². The molecule has 6 heterocycles. The fourth-order valence-corrected chi connectivity index (χ4v) is 19.5. The summed E-state index contributed by atoms with van der Waals surface area (Å²) < 4.78 is 115. The van der Waals surface area contributed by atoms with E-state index in [0.717, 1.165) is 109 Å². The van der Waals surface area contributed by atoms with Crippen molar-refractivity contribution in [2.24, 2.45) is 11.3 Å². The molecule has 5 aromatic carbocycles. The van der Waals surface area contributed by atoms with Crippen LogP contribution in [0.15, 0.2) is 158 Å². The molecule has 0 bridgehead atoms. The summed E-state index contributed by atoms with van der Waals surface area (Å²) in [6, 6.07) is 34.0. The minimum atomic E-state index is -6.13. The highest BCUT2D eigenvalue weighted by Gasteiger charge is 2.49. The van der Waals surface area contributed by atoms with Gasteiger partial charge >= 0.3 is 10.7 Å². The predicted molar refractivity (Wildman–Crippen MR) is 429 cm³/mol. The van der Waals surface area contributed by atoms with Crippen molar-refractivity contribution in [2.45, 2.75) is 136 Å². The first kappa shape index (κ1) is 83.5. The smallest absolute Gasteiger partial charge is 0.476 e. The topological polar surface area (TPSA) is 270 Å². The van der Waals surface area contributed by atoms with E-state index >= 15 is 0 Å². The van der Waals surface area contributed by atoms with E-state index in [1.165, 1.54) is 27.8 Å². The zero-order chi connectivity index (χ0) is 79.5. The maximum absolute atomic E-state index is 14.4. The number of carbonyl (C=O) groups excluding carboxylic acids is 4. The molecule has 4 amide bonds. The second-order valence-corrected chi connectivity index (χ2v) is 36.5. The molecular formula is C81H99ClF3N11O12S4. The molecule has 2 aromatic heterocycles. The number of benzene rings is 5. The number of amides is 4. The van der Waals surface area contributed by atoms with Crippen LogP contribution in [0, 0.1) is 18.3 Å². The number of aliphatic hydroxyl groups excluding tert-OH is 1. The number of β-amino-alcohol motifs (C(OH)–C–C–N with tert-alkyl or cyclic N) is 1. The van der Waals surface area contributed by atoms with E-state index in [-0.39, 0.29) is 66.2 Å². The van der Waals surface area contributed by atoms with Crippen molar-refractivity contribution in [3.05, 3.63) is 166 Å². The van der Waals surface area contributed by atoms with E-state index in [2.05, 4.69) is 64.7 Å². The third-order valence-electron chi connectivity index (χ3n) is 21.8. The second kappa shape index (κ2) is 37.1. The van der Waals surface area contributed by atoms with Crippen molar-refractivity contribution in [3.8, 4) is 16.3 Å². The summed E-state index contributed by atoms with van der Waals surface area (Å²) in [7, 11) is -11.2. The number of rotatable bonds is 30. The molecule has 31 heteroatoms. The summed E-state index contributed by atoms with van der Waals surface area (Å²) in [6.07, 6.45) is 3.97. The monoisotopic (exact) mass is 1640 g/mol. The molecule has 5 aliphatic rings. The number of hydrogen-bond acceptors (Lipinski definition) is 21. The molecule has 112 heavy (non-hydrogen) atoms. The molecule has 0 unspecified atom stereocenters. The van der Waals surface area contributed by atoms with E-state index in [4.69, 9.17) is 25.6 Å². The average Bonchev–Trinajstić information content (AvgIpc) is 0.973. The number of piperazine rings is 2. The van der Waals surface area contributed by atoms with E-state index in [1.807, 2.05) is 105 Å². The standard InChI is InChI=1S/C81H99ClF3N11O12S4/c1-54(2)75(78(100)96-50-65(97)45-70(96)77(99)87-55(3)57-14-16-59(17-15-57)76-56(4)86-53-110-76)71-47-73(90-108-71)107-42-10-9-13-74(98)95-38-34-93(35-39-95)52-80(5)30-28-68(58-18-20-61(82)21-19-58)60(48-80)49-92-32-36-94(37-33-92)64-24-22-62(23-25-64)89-79(101)111(102,103)67-26-27-69(72(46-67)112(104,105)81(83,84)85)88-63(29-31-91-40-43-106-44-41-91)51-109-66-11-7-6-8-12-66/h6-8,11-12,14-27,46-47,53-55,63,65,70,75,88,97H,9-10,13,28-45,48-52H2,1-5H3,(H,87,99)(H,89,101)/t55-,63+,65+,70-,75-,80+/m0/s1. The van der Waals surface area contributed by atoms with Gasteiger partial charge in [0.15, 0.2) is 5.76 Å². The van der Waals surface area contributed by atoms with Crippen LogP contribution in [-0.2, 0) is 38.8 Å². The Morgan fingerprint density at radius 2 is 1.52 bits per heavy atom. The summed E-state index contributed by atoms with van der Waals surface area (Å²) in [4.78, 5) is 72.2. The average molecular weight is 1640 g/mol. The van der Waals surface area contributed by atoms with Crippen molar-refractivity contribution in [1.29, 1.82) is 0 Å². The van der Waals surface area contributed by atoms with E-state index in [1.54, 1.807) is 41.7 Å². The Balaban J connectivity index is 0.591. The molecule has 4 aliphatic heterocycles. The molecule has 12 rings (SSSR count). The first-order chi connectivity index (χ1) is 53.6. The Hall–Kier alpha value is -7.91.